The monoisotopic (exact) mass is 482 g/mol. The van der Waals surface area contributed by atoms with Gasteiger partial charge in [-0.05, 0) is 55.3 Å². The highest BCUT2D eigenvalue weighted by Crippen LogP contribution is 2.29. The number of imidazole rings is 1. The van der Waals surface area contributed by atoms with Gasteiger partial charge >= 0.3 is 0 Å². The Morgan fingerprint density at radius 1 is 0.971 bits per heavy atom. The molecule has 0 radical (unpaired) electrons. The van der Waals surface area contributed by atoms with E-state index in [1.807, 2.05) is 70.5 Å². The smallest absolute Gasteiger partial charge is 0.267 e. The van der Waals surface area contributed by atoms with Crippen LogP contribution in [0.5, 0.6) is 5.75 Å². The number of fused-ring (bicyclic) bond motifs is 4. The molecule has 0 amide bonds. The SMILES string of the molecule is COc1ccc(C)cc1-n1c(=O)c2ccccc2n2c(SCc3cn4cc(C)ccc4n3)nnc12. The van der Waals surface area contributed by atoms with Crippen LogP contribution in [0.15, 0.2) is 76.9 Å². The highest BCUT2D eigenvalue weighted by atomic mass is 32.2. The molecule has 9 heteroatoms. The number of rotatable bonds is 5. The second kappa shape index (κ2) is 8.28. The normalized spacial score (nSPS) is 11.6. The quantitative estimate of drug-likeness (QED) is 0.334. The third-order valence-corrected chi connectivity index (χ3v) is 6.93. The summed E-state index contributed by atoms with van der Waals surface area (Å²) in [6.07, 6.45) is 4.09. The maximum absolute atomic E-state index is 13.6. The van der Waals surface area contributed by atoms with Crippen molar-refractivity contribution in [2.75, 3.05) is 7.11 Å². The Kier molecular flexibility index (Phi) is 5.07. The summed E-state index contributed by atoms with van der Waals surface area (Å²) in [7, 11) is 1.60. The number of aromatic nitrogens is 6. The molecule has 6 rings (SSSR count). The van der Waals surface area contributed by atoms with Gasteiger partial charge in [0.2, 0.25) is 5.78 Å². The second-order valence-corrected chi connectivity index (χ2v) is 9.39. The average Bonchev–Trinajstić information content (AvgIpc) is 3.46. The third kappa shape index (κ3) is 3.55. The summed E-state index contributed by atoms with van der Waals surface area (Å²) in [5, 5.41) is 10.2. The van der Waals surface area contributed by atoms with Crippen LogP contribution in [0.1, 0.15) is 16.8 Å². The molecule has 0 fully saturated rings. The second-order valence-electron chi connectivity index (χ2n) is 8.44. The first kappa shape index (κ1) is 21.4. The number of hydrogen-bond donors (Lipinski definition) is 0. The first-order valence-corrected chi connectivity index (χ1v) is 12.1. The molecule has 0 saturated heterocycles. The zero-order chi connectivity index (χ0) is 24.1. The Bertz CT molecular complexity index is 1800. The number of benzene rings is 2. The Labute approximate surface area is 204 Å². The number of hydrogen-bond acceptors (Lipinski definition) is 6. The topological polar surface area (TPSA) is 78.7 Å². The maximum Gasteiger partial charge on any atom is 0.267 e. The van der Waals surface area contributed by atoms with Gasteiger partial charge in [-0.25, -0.2) is 9.55 Å². The molecule has 0 aliphatic carbocycles. The van der Waals surface area contributed by atoms with Crippen LogP contribution in [-0.2, 0) is 5.75 Å². The van der Waals surface area contributed by atoms with Crippen molar-refractivity contribution >= 4 is 34.1 Å². The molecular formula is C26H22N6O2S. The van der Waals surface area contributed by atoms with Gasteiger partial charge in [-0.1, -0.05) is 36.0 Å². The minimum absolute atomic E-state index is 0.170. The molecule has 174 valence electrons. The standard InChI is InChI=1S/C26H22N6O2S/c1-16-8-10-22(34-3)21(12-16)31-24(33)19-6-4-5-7-20(19)32-25(31)28-29-26(32)35-15-18-14-30-13-17(2)9-11-23(30)27-18/h4-14H,15H2,1-3H3. The summed E-state index contributed by atoms with van der Waals surface area (Å²) < 4.78 is 11.1. The van der Waals surface area contributed by atoms with Gasteiger partial charge in [0.25, 0.3) is 5.56 Å². The lowest BCUT2D eigenvalue weighted by Gasteiger charge is -2.14. The van der Waals surface area contributed by atoms with Gasteiger partial charge in [-0.15, -0.1) is 10.2 Å². The zero-order valence-corrected chi connectivity index (χ0v) is 20.3. The van der Waals surface area contributed by atoms with E-state index in [2.05, 4.69) is 29.4 Å². The molecule has 0 atom stereocenters. The van der Waals surface area contributed by atoms with Gasteiger partial charge in [0.15, 0.2) is 5.16 Å². The van der Waals surface area contributed by atoms with Gasteiger partial charge < -0.3 is 9.14 Å². The molecule has 0 saturated carbocycles. The summed E-state index contributed by atoms with van der Waals surface area (Å²) >= 11 is 1.53. The fraction of sp³-hybridized carbons (Fsp3) is 0.154. The maximum atomic E-state index is 13.6. The Balaban J connectivity index is 1.52. The molecule has 0 N–H and O–H groups in total. The van der Waals surface area contributed by atoms with Crippen LogP contribution < -0.4 is 10.3 Å². The molecule has 2 aromatic carbocycles. The van der Waals surface area contributed by atoms with Crippen LogP contribution in [0.2, 0.25) is 0 Å². The van der Waals surface area contributed by atoms with Gasteiger partial charge in [0.05, 0.1) is 29.4 Å². The van der Waals surface area contributed by atoms with E-state index in [4.69, 9.17) is 9.72 Å². The van der Waals surface area contributed by atoms with Crippen molar-refractivity contribution in [3.8, 4) is 11.4 Å². The van der Waals surface area contributed by atoms with E-state index in [0.717, 1.165) is 22.4 Å². The van der Waals surface area contributed by atoms with Gasteiger partial charge in [0, 0.05) is 18.1 Å². The summed E-state index contributed by atoms with van der Waals surface area (Å²) in [4.78, 5) is 18.4. The van der Waals surface area contributed by atoms with E-state index in [9.17, 15) is 4.79 Å². The predicted octanol–water partition coefficient (Wildman–Crippen LogP) is 4.60. The predicted molar refractivity (Wildman–Crippen MR) is 137 cm³/mol. The van der Waals surface area contributed by atoms with Crippen LogP contribution >= 0.6 is 11.8 Å². The van der Waals surface area contributed by atoms with Gasteiger partial charge in [0.1, 0.15) is 11.4 Å². The molecule has 0 unspecified atom stereocenters. The van der Waals surface area contributed by atoms with E-state index < -0.39 is 0 Å². The van der Waals surface area contributed by atoms with Crippen LogP contribution in [-0.4, -0.2) is 35.7 Å². The van der Waals surface area contributed by atoms with Crippen LogP contribution in [0.25, 0.3) is 28.0 Å². The molecule has 35 heavy (non-hydrogen) atoms. The number of methoxy groups -OCH3 is 1. The molecule has 0 bridgehead atoms. The number of ether oxygens (including phenoxy) is 1. The lowest BCUT2D eigenvalue weighted by molar-refractivity contribution is 0.412. The van der Waals surface area contributed by atoms with Crippen molar-refractivity contribution in [1.29, 1.82) is 0 Å². The van der Waals surface area contributed by atoms with E-state index in [0.29, 0.717) is 33.5 Å². The summed E-state index contributed by atoms with van der Waals surface area (Å²) in [5.41, 5.74) is 5.25. The molecule has 0 aliphatic heterocycles. The lowest BCUT2D eigenvalue weighted by atomic mass is 10.2. The molecule has 6 aromatic rings. The number of aryl methyl sites for hydroxylation is 2. The van der Waals surface area contributed by atoms with Crippen molar-refractivity contribution in [3.63, 3.8) is 0 Å². The molecule has 4 aromatic heterocycles. The number of pyridine rings is 1. The zero-order valence-electron chi connectivity index (χ0n) is 19.5. The van der Waals surface area contributed by atoms with Gasteiger partial charge in [-0.2, -0.15) is 0 Å². The average molecular weight is 483 g/mol. The Morgan fingerprint density at radius 2 is 1.80 bits per heavy atom. The van der Waals surface area contributed by atoms with E-state index >= 15 is 0 Å². The first-order chi connectivity index (χ1) is 17.0. The highest BCUT2D eigenvalue weighted by Gasteiger charge is 2.20. The Morgan fingerprint density at radius 3 is 2.66 bits per heavy atom. The first-order valence-electron chi connectivity index (χ1n) is 11.1. The van der Waals surface area contributed by atoms with E-state index in [-0.39, 0.29) is 5.56 Å². The fourth-order valence-electron chi connectivity index (χ4n) is 4.33. The minimum atomic E-state index is -0.170. The van der Waals surface area contributed by atoms with E-state index in [1.165, 1.54) is 17.3 Å². The third-order valence-electron chi connectivity index (χ3n) is 5.97. The lowest BCUT2D eigenvalue weighted by Crippen LogP contribution is -2.22. The number of thioether (sulfide) groups is 1. The number of nitrogens with zero attached hydrogens (tertiary/aromatic N) is 6. The number of para-hydroxylation sites is 1. The van der Waals surface area contributed by atoms with Crippen molar-refractivity contribution in [2.24, 2.45) is 0 Å². The van der Waals surface area contributed by atoms with Crippen molar-refractivity contribution in [3.05, 3.63) is 94.2 Å². The van der Waals surface area contributed by atoms with Crippen LogP contribution in [0.4, 0.5) is 0 Å². The summed E-state index contributed by atoms with van der Waals surface area (Å²) in [6, 6.07) is 17.3. The fourth-order valence-corrected chi connectivity index (χ4v) is 5.15. The van der Waals surface area contributed by atoms with Crippen molar-refractivity contribution in [2.45, 2.75) is 24.8 Å². The van der Waals surface area contributed by atoms with Crippen LogP contribution in [0, 0.1) is 13.8 Å². The molecular weight excluding hydrogens is 460 g/mol. The summed E-state index contributed by atoms with van der Waals surface area (Å²) in [6.45, 7) is 4.04. The molecule has 8 nitrogen and oxygen atoms in total. The molecule has 0 aliphatic rings. The minimum Gasteiger partial charge on any atom is -0.495 e. The highest BCUT2D eigenvalue weighted by molar-refractivity contribution is 7.98. The molecule has 4 heterocycles. The van der Waals surface area contributed by atoms with E-state index in [1.54, 1.807) is 11.7 Å². The Hall–Kier alpha value is -4.11. The van der Waals surface area contributed by atoms with Crippen molar-refractivity contribution < 1.29 is 4.74 Å². The largest absolute Gasteiger partial charge is 0.495 e. The van der Waals surface area contributed by atoms with Crippen LogP contribution in [0.3, 0.4) is 0 Å². The van der Waals surface area contributed by atoms with Gasteiger partial charge in [-0.3, -0.25) is 9.20 Å². The summed E-state index contributed by atoms with van der Waals surface area (Å²) in [5.74, 6) is 1.64. The molecule has 0 spiro atoms. The van der Waals surface area contributed by atoms with Crippen molar-refractivity contribution in [1.82, 2.24) is 28.5 Å².